The van der Waals surface area contributed by atoms with Crippen LogP contribution < -0.4 is 37.6 Å². The van der Waals surface area contributed by atoms with Crippen LogP contribution in [0.4, 0.5) is 0 Å². The van der Waals surface area contributed by atoms with E-state index in [1.54, 1.807) is 20.8 Å². The van der Waals surface area contributed by atoms with Crippen LogP contribution in [-0.4, -0.2) is 141 Å². The van der Waals surface area contributed by atoms with Crippen molar-refractivity contribution in [2.45, 2.75) is 122 Å². The van der Waals surface area contributed by atoms with Gasteiger partial charge in [-0.25, -0.2) is 0 Å². The van der Waals surface area contributed by atoms with E-state index < -0.39 is 152 Å². The number of ketones is 1. The molecule has 1 fully saturated rings. The lowest BCUT2D eigenvalue weighted by Crippen LogP contribution is -2.61. The summed E-state index contributed by atoms with van der Waals surface area (Å²) in [5, 5.41) is 40.6. The second kappa shape index (κ2) is 23.7. The van der Waals surface area contributed by atoms with Gasteiger partial charge < -0.3 is 57.9 Å². The molecule has 1 heterocycles. The van der Waals surface area contributed by atoms with Crippen molar-refractivity contribution in [3.8, 4) is 0 Å². The zero-order valence-corrected chi connectivity index (χ0v) is 32.1. The molecule has 0 aromatic rings. The van der Waals surface area contributed by atoms with Crippen molar-refractivity contribution in [2.24, 2.45) is 11.7 Å². The van der Waals surface area contributed by atoms with Gasteiger partial charge in [-0.3, -0.25) is 57.5 Å². The third-order valence-electron chi connectivity index (χ3n) is 8.56. The van der Waals surface area contributed by atoms with Gasteiger partial charge in [0, 0.05) is 26.3 Å². The standard InChI is InChI=1S/C34H52N8O15/c1-5-7-18(28(51)33(56)36-15-26(49)50)38-32(55)22-8-6-13-42(22)34(57)27(16(2)3)41-31(54)21(14-23(35)44)40-30(53)20(10-12-25(47)48)39-29(52)19(37-17(4)43)9-11-24(45)46/h16,18-22,27H,5-15H2,1-4H3,(H2,35,44)(H,36,56)(H,37,43)(H,38,55)(H,39,52)(H,40,53)(H,41,54)(H,45,46)(H,47,48)(H,49,50). The monoisotopic (exact) mass is 812 g/mol. The van der Waals surface area contributed by atoms with Crippen LogP contribution in [0.2, 0.25) is 0 Å². The number of hydrogen-bond acceptors (Lipinski definition) is 12. The largest absolute Gasteiger partial charge is 0.481 e. The number of carbonyl (C=O) groups is 12. The Bertz CT molecular complexity index is 1570. The highest BCUT2D eigenvalue weighted by molar-refractivity contribution is 6.38. The Morgan fingerprint density at radius 1 is 0.702 bits per heavy atom. The maximum atomic E-state index is 13.9. The van der Waals surface area contributed by atoms with Crippen LogP contribution in [0.5, 0.6) is 0 Å². The number of carboxylic acid groups (broad SMARTS) is 3. The van der Waals surface area contributed by atoms with Gasteiger partial charge in [0.2, 0.25) is 47.1 Å². The SMILES string of the molecule is CCCC(NC(=O)C1CCCN1C(=O)C(NC(=O)C(CC(N)=O)NC(=O)C(CCC(=O)O)NC(=O)C(CCC(=O)O)NC(C)=O)C(C)C)C(=O)C(=O)NCC(=O)O. The lowest BCUT2D eigenvalue weighted by molar-refractivity contribution is -0.145. The molecule has 8 amide bonds. The molecule has 1 aliphatic rings. The van der Waals surface area contributed by atoms with E-state index in [0.29, 0.717) is 12.8 Å². The zero-order valence-electron chi connectivity index (χ0n) is 32.1. The number of aliphatic carboxylic acids is 3. The van der Waals surface area contributed by atoms with Crippen LogP contribution in [0.1, 0.15) is 85.5 Å². The maximum absolute atomic E-state index is 13.9. The molecule has 1 saturated heterocycles. The van der Waals surface area contributed by atoms with E-state index in [-0.39, 0.29) is 19.4 Å². The van der Waals surface area contributed by atoms with Crippen molar-refractivity contribution in [1.82, 2.24) is 36.8 Å². The molecule has 11 N–H and O–H groups in total. The van der Waals surface area contributed by atoms with Gasteiger partial charge in [-0.05, 0) is 38.0 Å². The number of Topliss-reactive ketones (excluding diaryl/α,β-unsaturated/α-hetero) is 1. The number of rotatable bonds is 25. The highest BCUT2D eigenvalue weighted by Gasteiger charge is 2.41. The van der Waals surface area contributed by atoms with Crippen molar-refractivity contribution >= 4 is 70.9 Å². The van der Waals surface area contributed by atoms with Gasteiger partial charge in [0.25, 0.3) is 5.91 Å². The van der Waals surface area contributed by atoms with E-state index in [1.165, 1.54) is 0 Å². The number of primary amides is 1. The van der Waals surface area contributed by atoms with Gasteiger partial charge in [0.05, 0.1) is 12.5 Å². The summed E-state index contributed by atoms with van der Waals surface area (Å²) in [7, 11) is 0. The molecular weight excluding hydrogens is 760 g/mol. The first-order chi connectivity index (χ1) is 26.6. The van der Waals surface area contributed by atoms with E-state index in [0.717, 1.165) is 11.8 Å². The second-order valence-corrected chi connectivity index (χ2v) is 13.6. The van der Waals surface area contributed by atoms with Gasteiger partial charge in [0.15, 0.2) is 0 Å². The molecule has 1 aliphatic heterocycles. The van der Waals surface area contributed by atoms with E-state index in [4.69, 9.17) is 15.9 Å². The number of nitrogens with zero attached hydrogens (tertiary/aromatic N) is 1. The number of likely N-dealkylation sites (tertiary alicyclic amines) is 1. The average Bonchev–Trinajstić information content (AvgIpc) is 3.61. The molecule has 318 valence electrons. The second-order valence-electron chi connectivity index (χ2n) is 13.6. The molecule has 57 heavy (non-hydrogen) atoms. The minimum atomic E-state index is -1.78. The lowest BCUT2D eigenvalue weighted by Gasteiger charge is -2.32. The number of carboxylic acids is 3. The summed E-state index contributed by atoms with van der Waals surface area (Å²) >= 11 is 0. The number of carbonyl (C=O) groups excluding carboxylic acids is 9. The predicted molar refractivity (Wildman–Crippen MR) is 193 cm³/mol. The molecule has 0 bridgehead atoms. The third-order valence-corrected chi connectivity index (χ3v) is 8.56. The van der Waals surface area contributed by atoms with Crippen molar-refractivity contribution in [3.05, 3.63) is 0 Å². The number of hydrogen-bond donors (Lipinski definition) is 10. The molecule has 6 atom stereocenters. The normalized spacial score (nSPS) is 16.1. The summed E-state index contributed by atoms with van der Waals surface area (Å²) in [5.74, 6) is -13.7. The van der Waals surface area contributed by atoms with Crippen molar-refractivity contribution in [1.29, 1.82) is 0 Å². The smallest absolute Gasteiger partial charge is 0.322 e. The summed E-state index contributed by atoms with van der Waals surface area (Å²) in [4.78, 5) is 150. The molecule has 0 aliphatic carbocycles. The number of amides is 8. The molecule has 0 spiro atoms. The third kappa shape index (κ3) is 17.0. The van der Waals surface area contributed by atoms with E-state index >= 15 is 0 Å². The van der Waals surface area contributed by atoms with Crippen molar-refractivity contribution in [3.63, 3.8) is 0 Å². The Labute approximate surface area is 326 Å². The van der Waals surface area contributed by atoms with E-state index in [1.807, 2.05) is 5.32 Å². The summed E-state index contributed by atoms with van der Waals surface area (Å²) in [6.45, 7) is 5.05. The fourth-order valence-electron chi connectivity index (χ4n) is 5.75. The minimum absolute atomic E-state index is 0.0187. The van der Waals surface area contributed by atoms with Crippen LogP contribution in [0.3, 0.4) is 0 Å². The molecule has 1 rings (SSSR count). The Kier molecular flexibility index (Phi) is 20.3. The summed E-state index contributed by atoms with van der Waals surface area (Å²) in [5.41, 5.74) is 5.34. The van der Waals surface area contributed by atoms with Crippen molar-refractivity contribution < 1.29 is 72.9 Å². The Balaban J connectivity index is 3.27. The summed E-state index contributed by atoms with van der Waals surface area (Å²) < 4.78 is 0. The molecular formula is C34H52N8O15. The molecule has 0 radical (unpaired) electrons. The van der Waals surface area contributed by atoms with E-state index in [2.05, 4.69) is 26.6 Å². The molecule has 23 nitrogen and oxygen atoms in total. The fraction of sp³-hybridized carbons (Fsp3) is 0.647. The number of nitrogens with two attached hydrogens (primary N) is 1. The van der Waals surface area contributed by atoms with Gasteiger partial charge in [-0.1, -0.05) is 27.2 Å². The Morgan fingerprint density at radius 2 is 1.23 bits per heavy atom. The van der Waals surface area contributed by atoms with Crippen molar-refractivity contribution in [2.75, 3.05) is 13.1 Å². The van der Waals surface area contributed by atoms with Crippen LogP contribution in [0.15, 0.2) is 0 Å². The van der Waals surface area contributed by atoms with Crippen LogP contribution in [-0.2, 0) is 57.5 Å². The van der Waals surface area contributed by atoms with E-state index in [9.17, 15) is 62.6 Å². The van der Waals surface area contributed by atoms with Gasteiger partial charge in [-0.15, -0.1) is 0 Å². The molecule has 0 saturated carbocycles. The lowest BCUT2D eigenvalue weighted by atomic mass is 10.0. The topological polar surface area (TPSA) is 367 Å². The predicted octanol–water partition coefficient (Wildman–Crippen LogP) is -3.75. The highest BCUT2D eigenvalue weighted by atomic mass is 16.4. The van der Waals surface area contributed by atoms with Crippen LogP contribution >= 0.6 is 0 Å². The maximum Gasteiger partial charge on any atom is 0.322 e. The van der Waals surface area contributed by atoms with Crippen LogP contribution in [0.25, 0.3) is 0 Å². The summed E-state index contributed by atoms with van der Waals surface area (Å²) in [6.07, 6.45) is -2.18. The Hall–Kier alpha value is -6.16. The zero-order chi connectivity index (χ0) is 43.6. The van der Waals surface area contributed by atoms with Gasteiger partial charge in [0.1, 0.15) is 36.8 Å². The highest BCUT2D eigenvalue weighted by Crippen LogP contribution is 2.21. The molecule has 23 heteroatoms. The average molecular weight is 813 g/mol. The quantitative estimate of drug-likeness (QED) is 0.0396. The van der Waals surface area contributed by atoms with Gasteiger partial charge in [-0.2, -0.15) is 0 Å². The minimum Gasteiger partial charge on any atom is -0.481 e. The number of nitrogens with one attached hydrogen (secondary N) is 6. The first kappa shape index (κ1) is 48.9. The summed E-state index contributed by atoms with van der Waals surface area (Å²) in [6, 6.07) is -8.77. The first-order valence-corrected chi connectivity index (χ1v) is 18.1. The molecule has 6 unspecified atom stereocenters. The molecule has 0 aromatic heterocycles. The molecule has 0 aromatic carbocycles. The van der Waals surface area contributed by atoms with Crippen LogP contribution in [0, 0.1) is 5.92 Å². The Morgan fingerprint density at radius 3 is 1.70 bits per heavy atom. The first-order valence-electron chi connectivity index (χ1n) is 18.1. The van der Waals surface area contributed by atoms with Gasteiger partial charge >= 0.3 is 17.9 Å². The fourth-order valence-corrected chi connectivity index (χ4v) is 5.75.